The summed E-state index contributed by atoms with van der Waals surface area (Å²) in [6.45, 7) is 3.22. The highest BCUT2D eigenvalue weighted by Gasteiger charge is 2.11. The van der Waals surface area contributed by atoms with E-state index in [1.807, 2.05) is 23.9 Å². The molecular formula is C13H16N4O2. The molecule has 0 radical (unpaired) electrons. The monoisotopic (exact) mass is 260 g/mol. The van der Waals surface area contributed by atoms with Crippen LogP contribution in [0.2, 0.25) is 0 Å². The highest BCUT2D eigenvalue weighted by Crippen LogP contribution is 1.98. The lowest BCUT2D eigenvalue weighted by molar-refractivity contribution is 0.0945. The van der Waals surface area contributed by atoms with Crippen LogP contribution in [-0.4, -0.2) is 27.2 Å². The molecular weight excluding hydrogens is 244 g/mol. The van der Waals surface area contributed by atoms with E-state index in [0.717, 1.165) is 6.54 Å². The summed E-state index contributed by atoms with van der Waals surface area (Å²) in [4.78, 5) is 25.7. The molecule has 19 heavy (non-hydrogen) atoms. The van der Waals surface area contributed by atoms with E-state index >= 15 is 0 Å². The van der Waals surface area contributed by atoms with Crippen molar-refractivity contribution in [2.45, 2.75) is 13.5 Å². The molecule has 2 rings (SSSR count). The third kappa shape index (κ3) is 3.54. The first kappa shape index (κ1) is 13.1. The second kappa shape index (κ2) is 5.99. The minimum absolute atomic E-state index is 0.133. The lowest BCUT2D eigenvalue weighted by Gasteiger charge is -2.12. The summed E-state index contributed by atoms with van der Waals surface area (Å²) in [6.07, 6.45) is 5.09. The number of nitrogens with zero attached hydrogens (tertiary/aromatic N) is 2. The summed E-state index contributed by atoms with van der Waals surface area (Å²) in [5, 5.41) is 6.86. The number of rotatable bonds is 5. The Balaban J connectivity index is 1.87. The molecule has 1 amide bonds. The van der Waals surface area contributed by atoms with E-state index < -0.39 is 0 Å². The van der Waals surface area contributed by atoms with Crippen LogP contribution in [0, 0.1) is 5.92 Å². The van der Waals surface area contributed by atoms with Gasteiger partial charge in [-0.3, -0.25) is 14.3 Å². The molecule has 0 aliphatic heterocycles. The molecule has 0 fully saturated rings. The standard InChI is InChI=1S/C13H16N4O2/c1-10(9-17-7-3-6-16-17)8-15-13(19)11-4-2-5-14-12(11)18/h2-7,10H,8-9H2,1H3,(H,14,18)(H,15,19)/t10-/m0/s1. The van der Waals surface area contributed by atoms with Gasteiger partial charge in [-0.15, -0.1) is 0 Å². The summed E-state index contributed by atoms with van der Waals surface area (Å²) in [5.41, 5.74) is -0.242. The maximum Gasteiger partial charge on any atom is 0.260 e. The van der Waals surface area contributed by atoms with Gasteiger partial charge in [0, 0.05) is 31.7 Å². The van der Waals surface area contributed by atoms with Gasteiger partial charge in [-0.1, -0.05) is 6.92 Å². The summed E-state index contributed by atoms with van der Waals surface area (Å²) < 4.78 is 1.81. The molecule has 2 aromatic rings. The predicted octanol–water partition coefficient (Wildman–Crippen LogP) is 0.637. The molecule has 0 saturated carbocycles. The van der Waals surface area contributed by atoms with Crippen LogP contribution in [0.3, 0.4) is 0 Å². The zero-order valence-corrected chi connectivity index (χ0v) is 10.7. The van der Waals surface area contributed by atoms with Crippen LogP contribution in [0.4, 0.5) is 0 Å². The Hall–Kier alpha value is -2.37. The van der Waals surface area contributed by atoms with Gasteiger partial charge in [-0.2, -0.15) is 5.10 Å². The van der Waals surface area contributed by atoms with Gasteiger partial charge in [0.15, 0.2) is 0 Å². The number of aromatic nitrogens is 3. The van der Waals surface area contributed by atoms with Crippen molar-refractivity contribution in [3.05, 3.63) is 52.7 Å². The summed E-state index contributed by atoms with van der Waals surface area (Å²) in [6, 6.07) is 4.99. The largest absolute Gasteiger partial charge is 0.352 e. The van der Waals surface area contributed by atoms with Gasteiger partial charge in [-0.25, -0.2) is 0 Å². The number of carbonyl (C=O) groups is 1. The molecule has 6 nitrogen and oxygen atoms in total. The van der Waals surface area contributed by atoms with Crippen LogP contribution in [-0.2, 0) is 6.54 Å². The normalized spacial score (nSPS) is 12.1. The number of H-pyrrole nitrogens is 1. The lowest BCUT2D eigenvalue weighted by Crippen LogP contribution is -2.33. The molecule has 100 valence electrons. The maximum atomic E-state index is 11.8. The molecule has 0 aliphatic rings. The quantitative estimate of drug-likeness (QED) is 0.827. The fourth-order valence-electron chi connectivity index (χ4n) is 1.75. The van der Waals surface area contributed by atoms with Crippen molar-refractivity contribution in [2.75, 3.05) is 6.54 Å². The second-order valence-corrected chi connectivity index (χ2v) is 4.46. The first-order valence-electron chi connectivity index (χ1n) is 6.10. The fourth-order valence-corrected chi connectivity index (χ4v) is 1.75. The average Bonchev–Trinajstić information content (AvgIpc) is 2.89. The lowest BCUT2D eigenvalue weighted by atomic mass is 10.1. The van der Waals surface area contributed by atoms with Crippen LogP contribution in [0.5, 0.6) is 0 Å². The molecule has 0 aromatic carbocycles. The number of nitrogens with one attached hydrogen (secondary N) is 2. The van der Waals surface area contributed by atoms with Gasteiger partial charge >= 0.3 is 0 Å². The van der Waals surface area contributed by atoms with E-state index in [9.17, 15) is 9.59 Å². The second-order valence-electron chi connectivity index (χ2n) is 4.46. The van der Waals surface area contributed by atoms with Crippen molar-refractivity contribution in [3.8, 4) is 0 Å². The Bertz CT molecular complexity index is 589. The first-order chi connectivity index (χ1) is 9.16. The van der Waals surface area contributed by atoms with Gasteiger partial charge in [0.05, 0.1) is 0 Å². The minimum Gasteiger partial charge on any atom is -0.352 e. The number of hydrogen-bond donors (Lipinski definition) is 2. The third-order valence-corrected chi connectivity index (χ3v) is 2.73. The number of amides is 1. The molecule has 1 atom stereocenters. The number of aromatic amines is 1. The van der Waals surface area contributed by atoms with Gasteiger partial charge in [0.1, 0.15) is 5.56 Å². The topological polar surface area (TPSA) is 79.8 Å². The Morgan fingerprint density at radius 1 is 1.53 bits per heavy atom. The number of pyridine rings is 1. The molecule has 0 aliphatic carbocycles. The van der Waals surface area contributed by atoms with Crippen molar-refractivity contribution in [1.82, 2.24) is 20.1 Å². The highest BCUT2D eigenvalue weighted by atomic mass is 16.2. The Labute approximate surface area is 110 Å². The van der Waals surface area contributed by atoms with Crippen molar-refractivity contribution >= 4 is 5.91 Å². The van der Waals surface area contributed by atoms with Crippen LogP contribution in [0.15, 0.2) is 41.6 Å². The molecule has 0 unspecified atom stereocenters. The van der Waals surface area contributed by atoms with E-state index in [-0.39, 0.29) is 22.9 Å². The molecule has 0 spiro atoms. The van der Waals surface area contributed by atoms with Crippen molar-refractivity contribution in [2.24, 2.45) is 5.92 Å². The van der Waals surface area contributed by atoms with Crippen molar-refractivity contribution in [1.29, 1.82) is 0 Å². The van der Waals surface area contributed by atoms with Crippen molar-refractivity contribution in [3.63, 3.8) is 0 Å². The predicted molar refractivity (Wildman–Crippen MR) is 70.8 cm³/mol. The number of carbonyl (C=O) groups excluding carboxylic acids is 1. The van der Waals surface area contributed by atoms with E-state index in [1.54, 1.807) is 12.3 Å². The fraction of sp³-hybridized carbons (Fsp3) is 0.308. The SMILES string of the molecule is C[C@@H](CNC(=O)c1ccc[nH]c1=O)Cn1cccn1. The average molecular weight is 260 g/mol. The highest BCUT2D eigenvalue weighted by molar-refractivity contribution is 5.93. The van der Waals surface area contributed by atoms with E-state index in [4.69, 9.17) is 0 Å². The van der Waals surface area contributed by atoms with Crippen LogP contribution in [0.1, 0.15) is 17.3 Å². The zero-order valence-electron chi connectivity index (χ0n) is 10.7. The molecule has 0 saturated heterocycles. The van der Waals surface area contributed by atoms with Gasteiger partial charge in [0.25, 0.3) is 11.5 Å². The molecule has 0 bridgehead atoms. The third-order valence-electron chi connectivity index (χ3n) is 2.73. The number of hydrogen-bond acceptors (Lipinski definition) is 3. The maximum absolute atomic E-state index is 11.8. The Morgan fingerprint density at radius 2 is 2.37 bits per heavy atom. The van der Waals surface area contributed by atoms with Crippen LogP contribution in [0.25, 0.3) is 0 Å². The van der Waals surface area contributed by atoms with E-state index in [2.05, 4.69) is 15.4 Å². The van der Waals surface area contributed by atoms with Crippen LogP contribution >= 0.6 is 0 Å². The molecule has 2 aromatic heterocycles. The smallest absolute Gasteiger partial charge is 0.260 e. The van der Waals surface area contributed by atoms with Gasteiger partial charge < -0.3 is 10.3 Å². The zero-order chi connectivity index (χ0) is 13.7. The summed E-state index contributed by atoms with van der Waals surface area (Å²) >= 11 is 0. The minimum atomic E-state index is -0.375. The molecule has 2 N–H and O–H groups in total. The van der Waals surface area contributed by atoms with E-state index in [1.165, 1.54) is 12.3 Å². The first-order valence-corrected chi connectivity index (χ1v) is 6.10. The summed E-state index contributed by atoms with van der Waals surface area (Å²) in [5.74, 6) is -0.124. The van der Waals surface area contributed by atoms with Crippen LogP contribution < -0.4 is 10.9 Å². The molecule has 6 heteroatoms. The Morgan fingerprint density at radius 3 is 3.05 bits per heavy atom. The van der Waals surface area contributed by atoms with Crippen molar-refractivity contribution < 1.29 is 4.79 Å². The van der Waals surface area contributed by atoms with Gasteiger partial charge in [0.2, 0.25) is 0 Å². The Kier molecular flexibility index (Phi) is 4.12. The summed E-state index contributed by atoms with van der Waals surface area (Å²) in [7, 11) is 0. The molecule has 2 heterocycles. The van der Waals surface area contributed by atoms with E-state index in [0.29, 0.717) is 6.54 Å². The van der Waals surface area contributed by atoms with Gasteiger partial charge in [-0.05, 0) is 24.1 Å².